The van der Waals surface area contributed by atoms with E-state index in [4.69, 9.17) is 0 Å². The number of hydrogen-bond acceptors (Lipinski definition) is 6. The first kappa shape index (κ1) is 19.4. The Balaban J connectivity index is 1.18. The van der Waals surface area contributed by atoms with E-state index in [1.807, 2.05) is 6.07 Å². The summed E-state index contributed by atoms with van der Waals surface area (Å²) in [6.45, 7) is 4.41. The maximum absolute atomic E-state index is 12.2. The molecular weight excluding hydrogens is 386 g/mol. The van der Waals surface area contributed by atoms with Crippen LogP contribution in [0.15, 0.2) is 54.0 Å². The molecule has 0 spiro atoms. The zero-order valence-electron chi connectivity index (χ0n) is 16.0. The topological polar surface area (TPSA) is 77.6 Å². The molecule has 1 aromatic heterocycles. The van der Waals surface area contributed by atoms with Gasteiger partial charge in [0.2, 0.25) is 5.91 Å². The molecule has 8 heteroatoms. The molecule has 0 saturated carbocycles. The number of hydrazine groups is 1. The number of piperazine rings is 1. The lowest BCUT2D eigenvalue weighted by Gasteiger charge is -2.36. The molecule has 2 N–H and O–H groups in total. The SMILES string of the molecule is O=C(CCN1CCN(c2ccccc2)CC1)NNC(=O)c1ccc2ncsc2c1. The molecule has 1 aliphatic heterocycles. The molecule has 2 aromatic carbocycles. The van der Waals surface area contributed by atoms with Crippen molar-refractivity contribution in [3.63, 3.8) is 0 Å². The van der Waals surface area contributed by atoms with Crippen LogP contribution in [0.4, 0.5) is 5.69 Å². The predicted octanol–water partition coefficient (Wildman–Crippen LogP) is 2.27. The first-order valence-corrected chi connectivity index (χ1v) is 10.5. The maximum Gasteiger partial charge on any atom is 0.269 e. The van der Waals surface area contributed by atoms with Crippen molar-refractivity contribution in [3.05, 3.63) is 59.6 Å². The van der Waals surface area contributed by atoms with Crippen LogP contribution in [-0.4, -0.2) is 54.4 Å². The lowest BCUT2D eigenvalue weighted by atomic mass is 10.2. The average molecular weight is 410 g/mol. The first-order valence-electron chi connectivity index (χ1n) is 9.64. The molecule has 1 saturated heterocycles. The Morgan fingerprint density at radius 1 is 1.00 bits per heavy atom. The second-order valence-electron chi connectivity index (χ2n) is 6.95. The number of fused-ring (bicyclic) bond motifs is 1. The van der Waals surface area contributed by atoms with Crippen LogP contribution in [0.1, 0.15) is 16.8 Å². The van der Waals surface area contributed by atoms with Crippen molar-refractivity contribution in [2.45, 2.75) is 6.42 Å². The van der Waals surface area contributed by atoms with E-state index in [0.717, 1.165) is 36.4 Å². The van der Waals surface area contributed by atoms with Gasteiger partial charge in [0, 0.05) is 50.4 Å². The molecule has 0 atom stereocenters. The van der Waals surface area contributed by atoms with Crippen molar-refractivity contribution in [2.24, 2.45) is 0 Å². The Bertz CT molecular complexity index is 983. The van der Waals surface area contributed by atoms with E-state index in [-0.39, 0.29) is 11.8 Å². The van der Waals surface area contributed by atoms with Crippen molar-refractivity contribution in [1.29, 1.82) is 0 Å². The van der Waals surface area contributed by atoms with Crippen LogP contribution in [0.2, 0.25) is 0 Å². The number of carbonyl (C=O) groups excluding carboxylic acids is 2. The van der Waals surface area contributed by atoms with Crippen LogP contribution in [0.5, 0.6) is 0 Å². The van der Waals surface area contributed by atoms with Crippen molar-refractivity contribution < 1.29 is 9.59 Å². The van der Waals surface area contributed by atoms with Gasteiger partial charge in [0.25, 0.3) is 5.91 Å². The summed E-state index contributed by atoms with van der Waals surface area (Å²) in [4.78, 5) is 33.2. The number of aromatic nitrogens is 1. The largest absolute Gasteiger partial charge is 0.369 e. The average Bonchev–Trinajstić information content (AvgIpc) is 3.25. The lowest BCUT2D eigenvalue weighted by Crippen LogP contribution is -2.48. The van der Waals surface area contributed by atoms with Crippen molar-refractivity contribution in [1.82, 2.24) is 20.7 Å². The van der Waals surface area contributed by atoms with Crippen LogP contribution < -0.4 is 15.8 Å². The molecule has 0 unspecified atom stereocenters. The maximum atomic E-state index is 12.2. The molecule has 1 fully saturated rings. The number of rotatable bonds is 5. The third kappa shape index (κ3) is 4.90. The van der Waals surface area contributed by atoms with Gasteiger partial charge in [-0.05, 0) is 30.3 Å². The highest BCUT2D eigenvalue weighted by molar-refractivity contribution is 7.16. The Morgan fingerprint density at radius 2 is 1.79 bits per heavy atom. The van der Waals surface area contributed by atoms with Gasteiger partial charge in [-0.3, -0.25) is 25.3 Å². The molecule has 1 aliphatic rings. The number of amides is 2. The Hall–Kier alpha value is -2.97. The van der Waals surface area contributed by atoms with Gasteiger partial charge in [-0.2, -0.15) is 0 Å². The molecule has 0 bridgehead atoms. The molecule has 150 valence electrons. The van der Waals surface area contributed by atoms with Crippen LogP contribution in [0, 0.1) is 0 Å². The summed E-state index contributed by atoms with van der Waals surface area (Å²) in [6.07, 6.45) is 0.347. The van der Waals surface area contributed by atoms with E-state index in [1.165, 1.54) is 17.0 Å². The molecule has 29 heavy (non-hydrogen) atoms. The molecular formula is C21H23N5O2S. The minimum Gasteiger partial charge on any atom is -0.369 e. The van der Waals surface area contributed by atoms with E-state index in [0.29, 0.717) is 18.5 Å². The number of carbonyl (C=O) groups is 2. The summed E-state index contributed by atoms with van der Waals surface area (Å²) < 4.78 is 0.943. The summed E-state index contributed by atoms with van der Waals surface area (Å²) in [7, 11) is 0. The number of nitrogens with zero attached hydrogens (tertiary/aromatic N) is 3. The summed E-state index contributed by atoms with van der Waals surface area (Å²) in [6, 6.07) is 15.7. The fraction of sp³-hybridized carbons (Fsp3) is 0.286. The Labute approximate surface area is 173 Å². The normalized spacial score (nSPS) is 14.7. The lowest BCUT2D eigenvalue weighted by molar-refractivity contribution is -0.122. The van der Waals surface area contributed by atoms with E-state index < -0.39 is 0 Å². The van der Waals surface area contributed by atoms with Gasteiger partial charge in [-0.1, -0.05) is 18.2 Å². The van der Waals surface area contributed by atoms with E-state index in [9.17, 15) is 9.59 Å². The molecule has 2 amide bonds. The number of nitrogens with one attached hydrogen (secondary N) is 2. The van der Waals surface area contributed by atoms with Gasteiger partial charge in [-0.25, -0.2) is 4.98 Å². The van der Waals surface area contributed by atoms with Crippen LogP contribution in [0.25, 0.3) is 10.2 Å². The second-order valence-corrected chi connectivity index (χ2v) is 7.84. The summed E-state index contributed by atoms with van der Waals surface area (Å²) in [5.41, 5.74) is 9.35. The summed E-state index contributed by atoms with van der Waals surface area (Å²) in [5.74, 6) is -0.521. The van der Waals surface area contributed by atoms with Gasteiger partial charge < -0.3 is 4.90 Å². The zero-order valence-corrected chi connectivity index (χ0v) is 16.8. The van der Waals surface area contributed by atoms with E-state index >= 15 is 0 Å². The predicted molar refractivity (Wildman–Crippen MR) is 115 cm³/mol. The van der Waals surface area contributed by atoms with Gasteiger partial charge in [0.1, 0.15) is 0 Å². The highest BCUT2D eigenvalue weighted by atomic mass is 32.1. The standard InChI is InChI=1S/C21H23N5O2S/c27-20(23-24-21(28)16-6-7-18-19(14-16)29-15-22-18)8-9-25-10-12-26(13-11-25)17-4-2-1-3-5-17/h1-7,14-15H,8-13H2,(H,23,27)(H,24,28). The van der Waals surface area contributed by atoms with Crippen LogP contribution in [-0.2, 0) is 4.79 Å². The first-order chi connectivity index (χ1) is 14.2. The third-order valence-corrected chi connectivity index (χ3v) is 5.85. The molecule has 0 radical (unpaired) electrons. The number of para-hydroxylation sites is 1. The van der Waals surface area contributed by atoms with Gasteiger partial charge in [-0.15, -0.1) is 11.3 Å². The van der Waals surface area contributed by atoms with Crippen molar-refractivity contribution >= 4 is 39.1 Å². The minimum atomic E-state index is -0.329. The summed E-state index contributed by atoms with van der Waals surface area (Å²) >= 11 is 1.48. The number of thiazole rings is 1. The fourth-order valence-electron chi connectivity index (χ4n) is 3.39. The highest BCUT2D eigenvalue weighted by Crippen LogP contribution is 2.19. The van der Waals surface area contributed by atoms with Gasteiger partial charge in [0.15, 0.2) is 0 Å². The smallest absolute Gasteiger partial charge is 0.269 e. The van der Waals surface area contributed by atoms with Crippen molar-refractivity contribution in [3.8, 4) is 0 Å². The Morgan fingerprint density at radius 3 is 2.59 bits per heavy atom. The number of anilines is 1. The fourth-order valence-corrected chi connectivity index (χ4v) is 4.10. The Kier molecular flexibility index (Phi) is 6.02. The molecule has 2 heterocycles. The molecule has 3 aromatic rings. The quantitative estimate of drug-likeness (QED) is 0.632. The van der Waals surface area contributed by atoms with Gasteiger partial charge in [0.05, 0.1) is 15.7 Å². The summed E-state index contributed by atoms with van der Waals surface area (Å²) in [5, 5.41) is 0. The van der Waals surface area contributed by atoms with Crippen LogP contribution in [0.3, 0.4) is 0 Å². The van der Waals surface area contributed by atoms with Crippen LogP contribution >= 0.6 is 11.3 Å². The monoisotopic (exact) mass is 409 g/mol. The van der Waals surface area contributed by atoms with E-state index in [1.54, 1.807) is 23.7 Å². The van der Waals surface area contributed by atoms with Gasteiger partial charge >= 0.3 is 0 Å². The third-order valence-electron chi connectivity index (χ3n) is 5.06. The molecule has 7 nitrogen and oxygen atoms in total. The van der Waals surface area contributed by atoms with E-state index in [2.05, 4.69) is 49.9 Å². The van der Waals surface area contributed by atoms with Crippen molar-refractivity contribution in [2.75, 3.05) is 37.6 Å². The molecule has 4 rings (SSSR count). The zero-order chi connectivity index (χ0) is 20.1. The number of benzene rings is 2. The second kappa shape index (κ2) is 9.02. The minimum absolute atomic E-state index is 0.192. The number of hydrogen-bond donors (Lipinski definition) is 2. The molecule has 0 aliphatic carbocycles. The highest BCUT2D eigenvalue weighted by Gasteiger charge is 2.18.